The van der Waals surface area contributed by atoms with Gasteiger partial charge in [-0.3, -0.25) is 0 Å². The minimum Gasteiger partial charge on any atom is -0.483 e. The van der Waals surface area contributed by atoms with Crippen LogP contribution in [0.2, 0.25) is 0 Å². The molecule has 0 saturated carbocycles. The number of benzene rings is 1. The van der Waals surface area contributed by atoms with Gasteiger partial charge in [-0.1, -0.05) is 13.3 Å². The van der Waals surface area contributed by atoms with Crippen molar-refractivity contribution >= 4 is 23.2 Å². The highest BCUT2D eigenvalue weighted by molar-refractivity contribution is 7.71. The van der Waals surface area contributed by atoms with Crippen LogP contribution < -0.4 is 10.4 Å². The Morgan fingerprint density at radius 2 is 2.17 bits per heavy atom. The molecule has 2 heterocycles. The van der Waals surface area contributed by atoms with Crippen LogP contribution in [0.4, 0.5) is 0 Å². The van der Waals surface area contributed by atoms with Crippen molar-refractivity contribution in [2.75, 3.05) is 0 Å². The molecule has 0 aliphatic heterocycles. The van der Waals surface area contributed by atoms with Gasteiger partial charge in [-0.25, -0.2) is 9.89 Å². The molecule has 0 spiro atoms. The minimum atomic E-state index is -0.348. The van der Waals surface area contributed by atoms with E-state index in [0.29, 0.717) is 17.2 Å². The fourth-order valence-corrected chi connectivity index (χ4v) is 2.64. The zero-order valence-electron chi connectivity index (χ0n) is 12.8. The lowest BCUT2D eigenvalue weighted by atomic mass is 10.0. The number of H-pyrrole nitrogens is 1. The van der Waals surface area contributed by atoms with Crippen molar-refractivity contribution in [2.45, 2.75) is 33.3 Å². The van der Waals surface area contributed by atoms with Gasteiger partial charge in [0.2, 0.25) is 0 Å². The average molecular weight is 332 g/mol. The first-order valence-corrected chi connectivity index (χ1v) is 7.73. The van der Waals surface area contributed by atoms with Crippen molar-refractivity contribution in [1.29, 1.82) is 0 Å². The first-order valence-electron chi connectivity index (χ1n) is 7.32. The quantitative estimate of drug-likeness (QED) is 0.567. The summed E-state index contributed by atoms with van der Waals surface area (Å²) in [6, 6.07) is 5.32. The molecule has 7 heteroatoms. The molecule has 0 radical (unpaired) electrons. The van der Waals surface area contributed by atoms with Crippen LogP contribution in [0.5, 0.6) is 5.75 Å². The molecule has 1 N–H and O–H groups in total. The molecule has 0 amide bonds. The average Bonchev–Trinajstić information content (AvgIpc) is 2.93. The van der Waals surface area contributed by atoms with Gasteiger partial charge in [0.05, 0.1) is 0 Å². The standard InChI is InChI=1S/C16H16N2O4S/c1-3-4-10-7-14(19)22-15-9(2)12(6-5-11(10)15)20-8-13-17-18-16(23)21-13/h5-7H,3-4,8H2,1-2H3,(H,18,23). The number of aromatic amines is 1. The van der Waals surface area contributed by atoms with Crippen LogP contribution in [0.15, 0.2) is 31.8 Å². The molecule has 0 aliphatic rings. The van der Waals surface area contributed by atoms with Crippen LogP contribution in [0.1, 0.15) is 30.4 Å². The molecular formula is C16H16N2O4S. The molecule has 0 saturated heterocycles. The third-order valence-corrected chi connectivity index (χ3v) is 3.72. The van der Waals surface area contributed by atoms with Gasteiger partial charge in [-0.05, 0) is 43.3 Å². The SMILES string of the molecule is CCCc1cc(=O)oc2c(C)c(OCc3n[nH]c(=S)o3)ccc12. The molecule has 1 aromatic carbocycles. The molecule has 120 valence electrons. The lowest BCUT2D eigenvalue weighted by molar-refractivity contribution is 0.260. The molecule has 0 bridgehead atoms. The number of rotatable bonds is 5. The summed E-state index contributed by atoms with van der Waals surface area (Å²) in [5, 5.41) is 7.36. The molecule has 0 aliphatic carbocycles. The number of nitrogens with one attached hydrogen (secondary N) is 1. The minimum absolute atomic E-state index is 0.137. The summed E-state index contributed by atoms with van der Waals surface area (Å²) in [7, 11) is 0. The number of nitrogens with zero attached hydrogens (tertiary/aromatic N) is 1. The Balaban J connectivity index is 1.97. The number of fused-ring (bicyclic) bond motifs is 1. The van der Waals surface area contributed by atoms with Crippen molar-refractivity contribution in [1.82, 2.24) is 10.2 Å². The van der Waals surface area contributed by atoms with Crippen LogP contribution in [-0.4, -0.2) is 10.2 Å². The predicted octanol–water partition coefficient (Wildman–Crippen LogP) is 3.68. The smallest absolute Gasteiger partial charge is 0.336 e. The van der Waals surface area contributed by atoms with Crippen molar-refractivity contribution in [3.63, 3.8) is 0 Å². The van der Waals surface area contributed by atoms with Gasteiger partial charge in [-0.15, -0.1) is 5.10 Å². The third kappa shape index (κ3) is 3.19. The van der Waals surface area contributed by atoms with Crippen molar-refractivity contribution in [2.24, 2.45) is 0 Å². The maximum Gasteiger partial charge on any atom is 0.336 e. The van der Waals surface area contributed by atoms with Crippen LogP contribution in [0, 0.1) is 11.8 Å². The third-order valence-electron chi connectivity index (χ3n) is 3.55. The van der Waals surface area contributed by atoms with Gasteiger partial charge in [0.1, 0.15) is 11.3 Å². The molecule has 0 unspecified atom stereocenters. The number of ether oxygens (including phenoxy) is 1. The Morgan fingerprint density at radius 3 is 2.87 bits per heavy atom. The summed E-state index contributed by atoms with van der Waals surface area (Å²) >= 11 is 4.82. The molecule has 0 atom stereocenters. The fourth-order valence-electron chi connectivity index (χ4n) is 2.50. The number of hydrogen-bond donors (Lipinski definition) is 1. The topological polar surface area (TPSA) is 81.3 Å². The molecule has 6 nitrogen and oxygen atoms in total. The van der Waals surface area contributed by atoms with E-state index in [1.165, 1.54) is 0 Å². The monoisotopic (exact) mass is 332 g/mol. The van der Waals surface area contributed by atoms with Crippen LogP contribution >= 0.6 is 12.2 Å². The predicted molar refractivity (Wildman–Crippen MR) is 87.2 cm³/mol. The van der Waals surface area contributed by atoms with Crippen LogP contribution in [-0.2, 0) is 13.0 Å². The van der Waals surface area contributed by atoms with Gasteiger partial charge in [0, 0.05) is 17.0 Å². The first-order chi connectivity index (χ1) is 11.1. The van der Waals surface area contributed by atoms with Gasteiger partial charge in [0.25, 0.3) is 10.7 Å². The van der Waals surface area contributed by atoms with Crippen molar-refractivity contribution < 1.29 is 13.6 Å². The lowest BCUT2D eigenvalue weighted by Gasteiger charge is -2.11. The van der Waals surface area contributed by atoms with Gasteiger partial charge in [0.15, 0.2) is 6.61 Å². The highest BCUT2D eigenvalue weighted by atomic mass is 32.1. The maximum absolute atomic E-state index is 11.8. The van der Waals surface area contributed by atoms with E-state index >= 15 is 0 Å². The number of aryl methyl sites for hydroxylation is 2. The van der Waals surface area contributed by atoms with E-state index in [0.717, 1.165) is 29.4 Å². The van der Waals surface area contributed by atoms with E-state index in [1.54, 1.807) is 6.07 Å². The Kier molecular flexibility index (Phi) is 4.29. The summed E-state index contributed by atoms with van der Waals surface area (Å²) in [6.45, 7) is 4.07. The largest absolute Gasteiger partial charge is 0.483 e. The second-order valence-electron chi connectivity index (χ2n) is 5.20. The van der Waals surface area contributed by atoms with Crippen LogP contribution in [0.25, 0.3) is 11.0 Å². The highest BCUT2D eigenvalue weighted by Crippen LogP contribution is 2.29. The summed E-state index contributed by atoms with van der Waals surface area (Å²) in [4.78, 5) is 12.0. The summed E-state index contributed by atoms with van der Waals surface area (Å²) in [6.07, 6.45) is 1.79. The molecule has 0 fully saturated rings. The Bertz CT molecular complexity index is 955. The zero-order chi connectivity index (χ0) is 16.4. The second-order valence-corrected chi connectivity index (χ2v) is 5.57. The van der Waals surface area contributed by atoms with Gasteiger partial charge >= 0.3 is 5.63 Å². The van der Waals surface area contributed by atoms with Crippen LogP contribution in [0.3, 0.4) is 0 Å². The van der Waals surface area contributed by atoms with Crippen molar-refractivity contribution in [3.05, 3.63) is 50.5 Å². The summed E-state index contributed by atoms with van der Waals surface area (Å²) in [5.41, 5.74) is 1.97. The van der Waals surface area contributed by atoms with E-state index in [4.69, 9.17) is 25.8 Å². The van der Waals surface area contributed by atoms with E-state index in [1.807, 2.05) is 19.1 Å². The van der Waals surface area contributed by atoms with Crippen molar-refractivity contribution in [3.8, 4) is 5.75 Å². The Hall–Kier alpha value is -2.41. The van der Waals surface area contributed by atoms with E-state index in [-0.39, 0.29) is 17.1 Å². The van der Waals surface area contributed by atoms with E-state index in [9.17, 15) is 4.79 Å². The van der Waals surface area contributed by atoms with Gasteiger partial charge in [-0.2, -0.15) is 0 Å². The molecule has 3 rings (SSSR count). The highest BCUT2D eigenvalue weighted by Gasteiger charge is 2.12. The number of aromatic nitrogens is 2. The first kappa shape index (κ1) is 15.5. The van der Waals surface area contributed by atoms with Gasteiger partial charge < -0.3 is 13.6 Å². The van der Waals surface area contributed by atoms with E-state index in [2.05, 4.69) is 17.1 Å². The normalized spacial score (nSPS) is 11.0. The molecule has 3 aromatic rings. The maximum atomic E-state index is 11.8. The molecular weight excluding hydrogens is 316 g/mol. The second kappa shape index (κ2) is 6.37. The molecule has 2 aromatic heterocycles. The molecule has 23 heavy (non-hydrogen) atoms. The Labute approximate surface area is 137 Å². The fraction of sp³-hybridized carbons (Fsp3) is 0.312. The summed E-state index contributed by atoms with van der Waals surface area (Å²) in [5.74, 6) is 0.967. The Morgan fingerprint density at radius 1 is 1.35 bits per heavy atom. The summed E-state index contributed by atoms with van der Waals surface area (Å²) < 4.78 is 16.2. The van der Waals surface area contributed by atoms with E-state index < -0.39 is 0 Å². The number of hydrogen-bond acceptors (Lipinski definition) is 6. The zero-order valence-corrected chi connectivity index (χ0v) is 13.7. The lowest BCUT2D eigenvalue weighted by Crippen LogP contribution is -2.03.